The molecular formula is C14H19BrN2O2. The number of carbonyl (C=O) groups excluding carboxylic acids is 1. The highest BCUT2D eigenvalue weighted by Crippen LogP contribution is 2.25. The van der Waals surface area contributed by atoms with Crippen LogP contribution in [0.4, 0.5) is 5.69 Å². The van der Waals surface area contributed by atoms with Crippen LogP contribution >= 0.6 is 15.9 Å². The summed E-state index contributed by atoms with van der Waals surface area (Å²) >= 11 is 3.40. The van der Waals surface area contributed by atoms with Gasteiger partial charge in [-0.1, -0.05) is 15.9 Å². The molecule has 2 N–H and O–H groups in total. The van der Waals surface area contributed by atoms with Crippen LogP contribution in [0.1, 0.15) is 19.3 Å². The van der Waals surface area contributed by atoms with Gasteiger partial charge >= 0.3 is 0 Å². The van der Waals surface area contributed by atoms with Crippen LogP contribution in [0, 0.1) is 5.92 Å². The Morgan fingerprint density at radius 2 is 2.37 bits per heavy atom. The second-order valence-electron chi connectivity index (χ2n) is 4.84. The number of hydrogen-bond acceptors (Lipinski definition) is 3. The van der Waals surface area contributed by atoms with Crippen molar-refractivity contribution < 1.29 is 9.53 Å². The maximum absolute atomic E-state index is 12.0. The minimum atomic E-state index is 0.0638. The van der Waals surface area contributed by atoms with Crippen LogP contribution in [-0.2, 0) is 4.79 Å². The van der Waals surface area contributed by atoms with E-state index >= 15 is 0 Å². The molecule has 5 heteroatoms. The molecule has 1 amide bonds. The lowest BCUT2D eigenvalue weighted by atomic mass is 9.96. The van der Waals surface area contributed by atoms with Gasteiger partial charge in [-0.2, -0.15) is 0 Å². The Balaban J connectivity index is 1.92. The Hall–Kier alpha value is -1.07. The average molecular weight is 327 g/mol. The molecule has 1 aromatic carbocycles. The fourth-order valence-electron chi connectivity index (χ4n) is 2.33. The molecule has 1 heterocycles. The first kappa shape index (κ1) is 14.3. The highest BCUT2D eigenvalue weighted by atomic mass is 79.9. The highest BCUT2D eigenvalue weighted by molar-refractivity contribution is 9.10. The Kier molecular flexibility index (Phi) is 5.22. The normalized spacial score (nSPS) is 18.9. The lowest BCUT2D eigenvalue weighted by Crippen LogP contribution is -2.32. The first-order chi connectivity index (χ1) is 9.17. The molecule has 1 aromatic rings. The van der Waals surface area contributed by atoms with Gasteiger partial charge in [0.05, 0.1) is 7.11 Å². The SMILES string of the molecule is COc1cc(Br)cc(NC(=O)CC2CCCNC2)c1. The predicted octanol–water partition coefficient (Wildman–Crippen LogP) is 2.79. The van der Waals surface area contributed by atoms with Crippen molar-refractivity contribution in [2.24, 2.45) is 5.92 Å². The monoisotopic (exact) mass is 326 g/mol. The minimum absolute atomic E-state index is 0.0638. The highest BCUT2D eigenvalue weighted by Gasteiger charge is 2.16. The van der Waals surface area contributed by atoms with Gasteiger partial charge in [-0.05, 0) is 44.0 Å². The molecule has 19 heavy (non-hydrogen) atoms. The van der Waals surface area contributed by atoms with Crippen LogP contribution in [0.25, 0.3) is 0 Å². The zero-order valence-corrected chi connectivity index (χ0v) is 12.6. The van der Waals surface area contributed by atoms with Crippen molar-refractivity contribution in [2.75, 3.05) is 25.5 Å². The second kappa shape index (κ2) is 6.91. The summed E-state index contributed by atoms with van der Waals surface area (Å²) in [6.45, 7) is 2.01. The third-order valence-electron chi connectivity index (χ3n) is 3.26. The smallest absolute Gasteiger partial charge is 0.224 e. The molecule has 0 aromatic heterocycles. The lowest BCUT2D eigenvalue weighted by molar-refractivity contribution is -0.117. The zero-order chi connectivity index (χ0) is 13.7. The van der Waals surface area contributed by atoms with Crippen molar-refractivity contribution in [3.8, 4) is 5.75 Å². The molecule has 1 atom stereocenters. The van der Waals surface area contributed by atoms with Crippen LogP contribution in [0.15, 0.2) is 22.7 Å². The Morgan fingerprint density at radius 1 is 1.53 bits per heavy atom. The first-order valence-corrected chi connectivity index (χ1v) is 7.32. The molecule has 0 spiro atoms. The second-order valence-corrected chi connectivity index (χ2v) is 5.76. The number of amides is 1. The largest absolute Gasteiger partial charge is 0.497 e. The first-order valence-electron chi connectivity index (χ1n) is 6.52. The molecule has 1 fully saturated rings. The van der Waals surface area contributed by atoms with E-state index in [0.717, 1.165) is 41.8 Å². The molecule has 1 saturated heterocycles. The van der Waals surface area contributed by atoms with Crippen LogP contribution in [0.3, 0.4) is 0 Å². The molecule has 2 rings (SSSR count). The van der Waals surface area contributed by atoms with Crippen LogP contribution in [-0.4, -0.2) is 26.1 Å². The van der Waals surface area contributed by atoms with Gasteiger partial charge < -0.3 is 15.4 Å². The van der Waals surface area contributed by atoms with E-state index in [1.54, 1.807) is 7.11 Å². The number of methoxy groups -OCH3 is 1. The van der Waals surface area contributed by atoms with Crippen LogP contribution in [0.2, 0.25) is 0 Å². The molecule has 1 aliphatic rings. The number of carbonyl (C=O) groups is 1. The van der Waals surface area contributed by atoms with E-state index in [-0.39, 0.29) is 5.91 Å². The molecular weight excluding hydrogens is 308 g/mol. The van der Waals surface area contributed by atoms with Gasteiger partial charge in [-0.3, -0.25) is 4.79 Å². The van der Waals surface area contributed by atoms with Gasteiger partial charge in [0, 0.05) is 22.6 Å². The summed E-state index contributed by atoms with van der Waals surface area (Å²) in [4.78, 5) is 12.0. The van der Waals surface area contributed by atoms with E-state index in [4.69, 9.17) is 4.74 Å². The van der Waals surface area contributed by atoms with E-state index < -0.39 is 0 Å². The van der Waals surface area contributed by atoms with E-state index in [1.165, 1.54) is 0 Å². The molecule has 0 bridgehead atoms. The molecule has 0 aliphatic carbocycles. The number of anilines is 1. The van der Waals surface area contributed by atoms with Crippen molar-refractivity contribution in [3.63, 3.8) is 0 Å². The van der Waals surface area contributed by atoms with Crippen molar-refractivity contribution >= 4 is 27.5 Å². The Bertz CT molecular complexity index is 445. The maximum atomic E-state index is 12.0. The summed E-state index contributed by atoms with van der Waals surface area (Å²) in [5, 5.41) is 6.25. The number of rotatable bonds is 4. The standard InChI is InChI=1S/C14H19BrN2O2/c1-19-13-7-11(15)6-12(8-13)17-14(18)5-10-3-2-4-16-9-10/h6-8,10,16H,2-5,9H2,1H3,(H,17,18). The van der Waals surface area contributed by atoms with Gasteiger partial charge in [0.2, 0.25) is 5.91 Å². The van der Waals surface area contributed by atoms with Gasteiger partial charge in [0.1, 0.15) is 5.75 Å². The van der Waals surface area contributed by atoms with Crippen LogP contribution in [0.5, 0.6) is 5.75 Å². The number of halogens is 1. The molecule has 1 aliphatic heterocycles. The number of benzene rings is 1. The number of nitrogens with one attached hydrogen (secondary N) is 2. The van der Waals surface area contributed by atoms with Gasteiger partial charge in [-0.15, -0.1) is 0 Å². The summed E-state index contributed by atoms with van der Waals surface area (Å²) < 4.78 is 6.07. The Labute approximate surface area is 122 Å². The number of piperidine rings is 1. The summed E-state index contributed by atoms with van der Waals surface area (Å²) in [7, 11) is 1.61. The van der Waals surface area contributed by atoms with Gasteiger partial charge in [0.25, 0.3) is 0 Å². The zero-order valence-electron chi connectivity index (χ0n) is 11.0. The van der Waals surface area contributed by atoms with Gasteiger partial charge in [0.15, 0.2) is 0 Å². The fraction of sp³-hybridized carbons (Fsp3) is 0.500. The average Bonchev–Trinajstić information content (AvgIpc) is 2.38. The fourth-order valence-corrected chi connectivity index (χ4v) is 2.80. The van der Waals surface area contributed by atoms with Crippen LogP contribution < -0.4 is 15.4 Å². The molecule has 0 radical (unpaired) electrons. The summed E-state index contributed by atoms with van der Waals surface area (Å²) in [6.07, 6.45) is 2.85. The lowest BCUT2D eigenvalue weighted by Gasteiger charge is -2.22. The minimum Gasteiger partial charge on any atom is -0.497 e. The van der Waals surface area contributed by atoms with E-state index in [1.807, 2.05) is 18.2 Å². The third kappa shape index (κ3) is 4.51. The van der Waals surface area contributed by atoms with E-state index in [9.17, 15) is 4.79 Å². The number of hydrogen-bond donors (Lipinski definition) is 2. The van der Waals surface area contributed by atoms with Gasteiger partial charge in [-0.25, -0.2) is 0 Å². The summed E-state index contributed by atoms with van der Waals surface area (Å²) in [5.74, 6) is 1.24. The molecule has 1 unspecified atom stereocenters. The number of ether oxygens (including phenoxy) is 1. The quantitative estimate of drug-likeness (QED) is 0.894. The maximum Gasteiger partial charge on any atom is 0.224 e. The van der Waals surface area contributed by atoms with Crippen molar-refractivity contribution in [1.29, 1.82) is 0 Å². The molecule has 104 valence electrons. The van der Waals surface area contributed by atoms with Crippen molar-refractivity contribution in [1.82, 2.24) is 5.32 Å². The van der Waals surface area contributed by atoms with E-state index in [2.05, 4.69) is 26.6 Å². The Morgan fingerprint density at radius 3 is 3.05 bits per heavy atom. The topological polar surface area (TPSA) is 50.4 Å². The summed E-state index contributed by atoms with van der Waals surface area (Å²) in [6, 6.07) is 5.56. The summed E-state index contributed by atoms with van der Waals surface area (Å²) in [5.41, 5.74) is 0.764. The third-order valence-corrected chi connectivity index (χ3v) is 3.72. The predicted molar refractivity (Wildman–Crippen MR) is 79.5 cm³/mol. The van der Waals surface area contributed by atoms with Crippen molar-refractivity contribution in [3.05, 3.63) is 22.7 Å². The molecule has 4 nitrogen and oxygen atoms in total. The molecule has 0 saturated carbocycles. The van der Waals surface area contributed by atoms with Crippen molar-refractivity contribution in [2.45, 2.75) is 19.3 Å². The van der Waals surface area contributed by atoms with E-state index in [0.29, 0.717) is 12.3 Å².